The zero-order valence-corrected chi connectivity index (χ0v) is 20.0. The van der Waals surface area contributed by atoms with Crippen molar-refractivity contribution in [2.24, 2.45) is 10.9 Å². The third kappa shape index (κ3) is 7.62. The Kier molecular flexibility index (Phi) is 10.5. The maximum Gasteiger partial charge on any atom is 0.191 e. The molecule has 1 unspecified atom stereocenters. The second kappa shape index (κ2) is 12.8. The molecule has 1 aromatic carbocycles. The molecular weight excluding hydrogens is 475 g/mol. The van der Waals surface area contributed by atoms with Gasteiger partial charge in [0.25, 0.3) is 0 Å². The predicted molar refractivity (Wildman–Crippen MR) is 132 cm³/mol. The molecule has 0 radical (unpaired) electrons. The number of hydrogen-bond donors (Lipinski definition) is 2. The minimum atomic E-state index is 0. The molecule has 2 aromatic rings. The van der Waals surface area contributed by atoms with E-state index in [-0.39, 0.29) is 24.0 Å². The minimum Gasteiger partial charge on any atom is -0.357 e. The van der Waals surface area contributed by atoms with Crippen molar-refractivity contribution < 1.29 is 0 Å². The molecule has 29 heavy (non-hydrogen) atoms. The van der Waals surface area contributed by atoms with Crippen LogP contribution in [0.25, 0.3) is 5.69 Å². The maximum absolute atomic E-state index is 4.83. The topological polar surface area (TPSA) is 57.5 Å². The number of halogens is 1. The molecule has 0 amide bonds. The number of likely N-dealkylation sites (tertiary alicyclic amines) is 1. The van der Waals surface area contributed by atoms with Crippen LogP contribution in [0.3, 0.4) is 0 Å². The van der Waals surface area contributed by atoms with E-state index in [0.717, 1.165) is 37.7 Å². The Labute approximate surface area is 192 Å². The molecule has 1 aromatic heterocycles. The fraction of sp³-hybridized carbons (Fsp3) is 0.545. The smallest absolute Gasteiger partial charge is 0.191 e. The van der Waals surface area contributed by atoms with Gasteiger partial charge in [0.1, 0.15) is 0 Å². The van der Waals surface area contributed by atoms with Gasteiger partial charge in [-0.15, -0.1) is 24.0 Å². The van der Waals surface area contributed by atoms with Crippen LogP contribution >= 0.6 is 24.0 Å². The molecular formula is C22H35IN6. The zero-order valence-electron chi connectivity index (χ0n) is 17.7. The highest BCUT2D eigenvalue weighted by molar-refractivity contribution is 14.0. The average Bonchev–Trinajstić information content (AvgIpc) is 3.39. The van der Waals surface area contributed by atoms with Crippen LogP contribution in [0.4, 0.5) is 0 Å². The van der Waals surface area contributed by atoms with Crippen molar-refractivity contribution in [2.45, 2.75) is 33.1 Å². The normalized spacial score (nSPS) is 17.2. The maximum atomic E-state index is 4.83. The highest BCUT2D eigenvalue weighted by Crippen LogP contribution is 2.16. The molecule has 0 aliphatic carbocycles. The van der Waals surface area contributed by atoms with Crippen LogP contribution in [-0.4, -0.2) is 59.9 Å². The Bertz CT molecular complexity index is 713. The van der Waals surface area contributed by atoms with Crippen molar-refractivity contribution in [1.82, 2.24) is 25.3 Å². The molecule has 1 fully saturated rings. The van der Waals surface area contributed by atoms with E-state index in [1.54, 1.807) is 6.20 Å². The molecule has 1 saturated heterocycles. The van der Waals surface area contributed by atoms with Crippen molar-refractivity contribution in [3.05, 3.63) is 48.3 Å². The summed E-state index contributed by atoms with van der Waals surface area (Å²) >= 11 is 0. The van der Waals surface area contributed by atoms with Gasteiger partial charge in [-0.1, -0.05) is 19.1 Å². The Hall–Kier alpha value is -1.61. The largest absolute Gasteiger partial charge is 0.357 e. The lowest BCUT2D eigenvalue weighted by molar-refractivity contribution is 0.326. The van der Waals surface area contributed by atoms with Crippen LogP contribution in [0.1, 0.15) is 32.3 Å². The molecule has 0 bridgehead atoms. The van der Waals surface area contributed by atoms with E-state index in [1.807, 2.05) is 16.9 Å². The van der Waals surface area contributed by atoms with Gasteiger partial charge in [0, 0.05) is 38.6 Å². The molecule has 3 rings (SSSR count). The van der Waals surface area contributed by atoms with Crippen LogP contribution in [0.15, 0.2) is 47.7 Å². The number of nitrogens with one attached hydrogen (secondary N) is 2. The van der Waals surface area contributed by atoms with Crippen LogP contribution in [-0.2, 0) is 6.42 Å². The monoisotopic (exact) mass is 510 g/mol. The lowest BCUT2D eigenvalue weighted by Crippen LogP contribution is -2.38. The Morgan fingerprint density at radius 2 is 2.03 bits per heavy atom. The van der Waals surface area contributed by atoms with E-state index in [2.05, 4.69) is 58.7 Å². The van der Waals surface area contributed by atoms with E-state index < -0.39 is 0 Å². The highest BCUT2D eigenvalue weighted by Gasteiger charge is 2.21. The van der Waals surface area contributed by atoms with E-state index in [1.165, 1.54) is 38.0 Å². The molecule has 2 N–H and O–H groups in total. The molecule has 7 heteroatoms. The molecule has 6 nitrogen and oxygen atoms in total. The molecule has 0 spiro atoms. The van der Waals surface area contributed by atoms with Gasteiger partial charge in [0.2, 0.25) is 0 Å². The predicted octanol–water partition coefficient (Wildman–Crippen LogP) is 3.32. The van der Waals surface area contributed by atoms with Crippen molar-refractivity contribution >= 4 is 29.9 Å². The molecule has 1 aliphatic heterocycles. The Morgan fingerprint density at radius 1 is 1.21 bits per heavy atom. The van der Waals surface area contributed by atoms with E-state index in [4.69, 9.17) is 4.99 Å². The first-order chi connectivity index (χ1) is 13.8. The highest BCUT2D eigenvalue weighted by atomic mass is 127. The number of aromatic nitrogens is 2. The number of nitrogens with zero attached hydrogens (tertiary/aromatic N) is 4. The SMILES string of the molecule is CCCN1CCC(CN=C(NCC)NCCc2ccc(-n3cccn3)cc2)C1.I. The minimum absolute atomic E-state index is 0. The van der Waals surface area contributed by atoms with Gasteiger partial charge in [-0.3, -0.25) is 4.99 Å². The first-order valence-electron chi connectivity index (χ1n) is 10.6. The first-order valence-corrected chi connectivity index (χ1v) is 10.6. The second-order valence-electron chi connectivity index (χ2n) is 7.47. The fourth-order valence-electron chi connectivity index (χ4n) is 3.71. The number of rotatable bonds is 9. The summed E-state index contributed by atoms with van der Waals surface area (Å²) in [6.45, 7) is 10.7. The van der Waals surface area contributed by atoms with Gasteiger partial charge in [-0.2, -0.15) is 5.10 Å². The van der Waals surface area contributed by atoms with Crippen LogP contribution in [0.2, 0.25) is 0 Å². The second-order valence-corrected chi connectivity index (χ2v) is 7.47. The summed E-state index contributed by atoms with van der Waals surface area (Å²) in [5.74, 6) is 1.63. The summed E-state index contributed by atoms with van der Waals surface area (Å²) in [6.07, 6.45) is 7.24. The Morgan fingerprint density at radius 3 is 2.72 bits per heavy atom. The number of benzene rings is 1. The van der Waals surface area contributed by atoms with E-state index in [0.29, 0.717) is 5.92 Å². The molecule has 160 valence electrons. The lowest BCUT2D eigenvalue weighted by Gasteiger charge is -2.15. The summed E-state index contributed by atoms with van der Waals surface area (Å²) in [4.78, 5) is 7.39. The van der Waals surface area contributed by atoms with Gasteiger partial charge in [0.05, 0.1) is 5.69 Å². The third-order valence-corrected chi connectivity index (χ3v) is 5.17. The van der Waals surface area contributed by atoms with Gasteiger partial charge in [-0.05, 0) is 69.0 Å². The summed E-state index contributed by atoms with van der Waals surface area (Å²) < 4.78 is 1.88. The summed E-state index contributed by atoms with van der Waals surface area (Å²) in [7, 11) is 0. The quantitative estimate of drug-likeness (QED) is 0.309. The van der Waals surface area contributed by atoms with E-state index >= 15 is 0 Å². The third-order valence-electron chi connectivity index (χ3n) is 5.17. The molecule has 2 heterocycles. The van der Waals surface area contributed by atoms with Crippen LogP contribution in [0, 0.1) is 5.92 Å². The zero-order chi connectivity index (χ0) is 19.6. The van der Waals surface area contributed by atoms with Crippen molar-refractivity contribution in [2.75, 3.05) is 39.3 Å². The fourth-order valence-corrected chi connectivity index (χ4v) is 3.71. The standard InChI is InChI=1S/C22H34N6.HI/c1-3-14-27-16-11-20(18-27)17-25-22(23-4-2)24-13-10-19-6-8-21(9-7-19)28-15-5-12-26-28;/h5-9,12,15,20H,3-4,10-11,13-14,16-18H2,1-2H3,(H2,23,24,25);1H. The van der Waals surface area contributed by atoms with Gasteiger partial charge < -0.3 is 15.5 Å². The summed E-state index contributed by atoms with van der Waals surface area (Å²) in [5.41, 5.74) is 2.40. The van der Waals surface area contributed by atoms with Crippen LogP contribution in [0.5, 0.6) is 0 Å². The van der Waals surface area contributed by atoms with Crippen molar-refractivity contribution in [3.63, 3.8) is 0 Å². The van der Waals surface area contributed by atoms with E-state index in [9.17, 15) is 0 Å². The van der Waals surface area contributed by atoms with Gasteiger partial charge in [0.15, 0.2) is 5.96 Å². The summed E-state index contributed by atoms with van der Waals surface area (Å²) in [5, 5.41) is 11.1. The molecule has 0 saturated carbocycles. The lowest BCUT2D eigenvalue weighted by atomic mass is 10.1. The average molecular weight is 510 g/mol. The number of hydrogen-bond acceptors (Lipinski definition) is 3. The Balaban J connectivity index is 0.00000300. The van der Waals surface area contributed by atoms with Crippen molar-refractivity contribution in [1.29, 1.82) is 0 Å². The van der Waals surface area contributed by atoms with Crippen molar-refractivity contribution in [3.8, 4) is 5.69 Å². The molecule has 1 aliphatic rings. The number of aliphatic imine (C=N–C) groups is 1. The summed E-state index contributed by atoms with van der Waals surface area (Å²) in [6, 6.07) is 10.5. The first kappa shape index (κ1) is 23.7. The van der Waals surface area contributed by atoms with Crippen LogP contribution < -0.4 is 10.6 Å². The molecule has 1 atom stereocenters. The number of guanidine groups is 1. The van der Waals surface area contributed by atoms with Gasteiger partial charge >= 0.3 is 0 Å². The van der Waals surface area contributed by atoms with Gasteiger partial charge in [-0.25, -0.2) is 4.68 Å².